The molecule has 1 amide bonds. The predicted octanol–water partition coefficient (Wildman–Crippen LogP) is 25.6. The molecule has 0 aliphatic carbocycles. The number of esters is 1. The molecule has 0 aliphatic rings. The third-order valence-electron chi connectivity index (χ3n) is 18.1. The van der Waals surface area contributed by atoms with Gasteiger partial charge in [-0.2, -0.15) is 0 Å². The summed E-state index contributed by atoms with van der Waals surface area (Å²) in [7, 11) is 0. The van der Waals surface area contributed by atoms with Crippen molar-refractivity contribution in [3.05, 3.63) is 48.6 Å². The van der Waals surface area contributed by atoms with Crippen LogP contribution in [0.3, 0.4) is 0 Å². The average molecular weight is 1210 g/mol. The molecule has 0 saturated heterocycles. The van der Waals surface area contributed by atoms with Crippen molar-refractivity contribution >= 4 is 11.9 Å². The van der Waals surface area contributed by atoms with Crippen molar-refractivity contribution in [3.63, 3.8) is 0 Å². The van der Waals surface area contributed by atoms with E-state index in [0.717, 1.165) is 57.8 Å². The molecule has 0 saturated carbocycles. The summed E-state index contributed by atoms with van der Waals surface area (Å²) in [6.07, 6.45) is 99.0. The van der Waals surface area contributed by atoms with Crippen LogP contribution in [0.15, 0.2) is 48.6 Å². The minimum absolute atomic E-state index is 0.000143. The first-order valence-electron chi connectivity index (χ1n) is 38.9. The van der Waals surface area contributed by atoms with E-state index in [4.69, 9.17) is 4.74 Å². The number of aliphatic hydroxyl groups is 2. The van der Waals surface area contributed by atoms with Gasteiger partial charge < -0.3 is 20.3 Å². The van der Waals surface area contributed by atoms with E-state index in [1.165, 1.54) is 334 Å². The van der Waals surface area contributed by atoms with Gasteiger partial charge in [-0.1, -0.05) is 371 Å². The van der Waals surface area contributed by atoms with Gasteiger partial charge in [0.15, 0.2) is 0 Å². The number of aliphatic hydroxyl groups excluding tert-OH is 2. The Hall–Kier alpha value is -2.18. The van der Waals surface area contributed by atoms with Gasteiger partial charge in [0, 0.05) is 12.8 Å². The summed E-state index contributed by atoms with van der Waals surface area (Å²) in [5.74, 6) is -0.0298. The molecule has 2 atom stereocenters. The van der Waals surface area contributed by atoms with Gasteiger partial charge in [0.2, 0.25) is 5.91 Å². The highest BCUT2D eigenvalue weighted by Crippen LogP contribution is 2.19. The molecule has 0 spiro atoms. The van der Waals surface area contributed by atoms with Crippen molar-refractivity contribution < 1.29 is 24.5 Å². The molecular weight excluding hydrogens is 1050 g/mol. The summed E-state index contributed by atoms with van der Waals surface area (Å²) in [6.45, 7) is 4.97. The fraction of sp³-hybridized carbons (Fsp3) is 0.875. The summed E-state index contributed by atoms with van der Waals surface area (Å²) >= 11 is 0. The Kier molecular flexibility index (Phi) is 73.4. The highest BCUT2D eigenvalue weighted by Gasteiger charge is 2.20. The molecular formula is C80H151NO5. The molecule has 506 valence electrons. The maximum atomic E-state index is 12.6. The number of ether oxygens (including phenoxy) is 1. The molecule has 6 nitrogen and oxygen atoms in total. The standard InChI is InChI=1S/C80H151NO5/c1-3-5-7-9-11-13-15-17-19-21-22-23-35-38-41-44-48-52-56-60-64-68-72-78(83)77(76-82)81-79(84)73-69-65-61-57-53-49-45-42-39-36-33-31-29-27-25-24-26-28-30-32-34-37-40-43-47-51-55-59-63-67-71-75-86-80(85)74-70-66-62-58-54-50-46-20-18-16-14-12-10-8-6-4-2/h14,16,20,26,28,32,34,46,77-78,82-83H,3-13,15,17-19,21-25,27,29-31,33,35-45,47-76H2,1-2H3,(H,81,84)/b16-14-,28-26-,34-32-,46-20-. The number of carbonyl (C=O) groups excluding carboxylic acids is 2. The Balaban J connectivity index is 3.40. The number of rotatable bonds is 73. The van der Waals surface area contributed by atoms with Crippen LogP contribution < -0.4 is 5.32 Å². The first-order chi connectivity index (χ1) is 42.5. The van der Waals surface area contributed by atoms with Crippen LogP contribution in [0.2, 0.25) is 0 Å². The van der Waals surface area contributed by atoms with E-state index < -0.39 is 12.1 Å². The number of nitrogens with one attached hydrogen (secondary N) is 1. The van der Waals surface area contributed by atoms with Crippen LogP contribution in [-0.4, -0.2) is 47.4 Å². The number of hydrogen-bond donors (Lipinski definition) is 3. The van der Waals surface area contributed by atoms with Crippen LogP contribution in [0.5, 0.6) is 0 Å². The van der Waals surface area contributed by atoms with E-state index >= 15 is 0 Å². The smallest absolute Gasteiger partial charge is 0.305 e. The minimum Gasteiger partial charge on any atom is -0.466 e. The van der Waals surface area contributed by atoms with Crippen LogP contribution in [-0.2, 0) is 14.3 Å². The highest BCUT2D eigenvalue weighted by molar-refractivity contribution is 5.76. The molecule has 0 rings (SSSR count). The van der Waals surface area contributed by atoms with Gasteiger partial charge in [-0.3, -0.25) is 9.59 Å². The lowest BCUT2D eigenvalue weighted by atomic mass is 10.0. The lowest BCUT2D eigenvalue weighted by molar-refractivity contribution is -0.143. The number of allylic oxidation sites excluding steroid dienone is 8. The number of carbonyl (C=O) groups is 2. The summed E-state index contributed by atoms with van der Waals surface area (Å²) in [4.78, 5) is 24.6. The van der Waals surface area contributed by atoms with Crippen molar-refractivity contribution in [1.29, 1.82) is 0 Å². The van der Waals surface area contributed by atoms with Crippen molar-refractivity contribution in [3.8, 4) is 0 Å². The van der Waals surface area contributed by atoms with Gasteiger partial charge in [-0.15, -0.1) is 0 Å². The molecule has 0 bridgehead atoms. The molecule has 6 heteroatoms. The third-order valence-corrected chi connectivity index (χ3v) is 18.1. The van der Waals surface area contributed by atoms with E-state index in [9.17, 15) is 19.8 Å². The zero-order valence-electron chi connectivity index (χ0n) is 58.1. The van der Waals surface area contributed by atoms with Gasteiger partial charge in [0.1, 0.15) is 0 Å². The maximum Gasteiger partial charge on any atom is 0.305 e. The van der Waals surface area contributed by atoms with Gasteiger partial charge in [-0.05, 0) is 89.9 Å². The number of unbranched alkanes of at least 4 members (excludes halogenated alkanes) is 54. The molecule has 0 heterocycles. The van der Waals surface area contributed by atoms with E-state index in [1.54, 1.807) is 0 Å². The van der Waals surface area contributed by atoms with Crippen LogP contribution in [0.25, 0.3) is 0 Å². The Morgan fingerprint density at radius 3 is 0.895 bits per heavy atom. The molecule has 3 N–H and O–H groups in total. The molecule has 2 unspecified atom stereocenters. The van der Waals surface area contributed by atoms with Gasteiger partial charge in [0.05, 0.1) is 25.4 Å². The molecule has 0 aromatic carbocycles. The Bertz CT molecular complexity index is 1440. The summed E-state index contributed by atoms with van der Waals surface area (Å²) in [5, 5.41) is 23.5. The van der Waals surface area contributed by atoms with Crippen molar-refractivity contribution in [1.82, 2.24) is 5.32 Å². The fourth-order valence-electron chi connectivity index (χ4n) is 12.2. The SMILES string of the molecule is CCCCCC/C=C\C/C=C\CCCCCCCC(=O)OCCCCCCCCCCC/C=C\C/C=C\CCCCCCCCCCCCCCCCCC(=O)NC(CO)C(O)CCCCCCCCCCCCCCCCCCCCCCCC. The first-order valence-corrected chi connectivity index (χ1v) is 38.9. The Morgan fingerprint density at radius 2 is 0.581 bits per heavy atom. The molecule has 0 aromatic heterocycles. The molecule has 0 aromatic rings. The second-order valence-corrected chi connectivity index (χ2v) is 26.7. The maximum absolute atomic E-state index is 12.6. The van der Waals surface area contributed by atoms with E-state index in [1.807, 2.05) is 0 Å². The van der Waals surface area contributed by atoms with Crippen LogP contribution >= 0.6 is 0 Å². The van der Waals surface area contributed by atoms with E-state index in [-0.39, 0.29) is 18.5 Å². The number of amides is 1. The molecule has 86 heavy (non-hydrogen) atoms. The van der Waals surface area contributed by atoms with E-state index in [2.05, 4.69) is 67.8 Å². The van der Waals surface area contributed by atoms with Gasteiger partial charge in [0.25, 0.3) is 0 Å². The first kappa shape index (κ1) is 83.8. The minimum atomic E-state index is -0.666. The van der Waals surface area contributed by atoms with E-state index in [0.29, 0.717) is 25.9 Å². The Morgan fingerprint density at radius 1 is 0.326 bits per heavy atom. The topological polar surface area (TPSA) is 95.9 Å². The van der Waals surface area contributed by atoms with Crippen LogP contribution in [0.4, 0.5) is 0 Å². The molecule has 0 aliphatic heterocycles. The second-order valence-electron chi connectivity index (χ2n) is 26.7. The average Bonchev–Trinajstić information content (AvgIpc) is 3.54. The lowest BCUT2D eigenvalue weighted by Crippen LogP contribution is -2.45. The third kappa shape index (κ3) is 70.9. The predicted molar refractivity (Wildman–Crippen MR) is 379 cm³/mol. The quantitative estimate of drug-likeness (QED) is 0.0320. The number of hydrogen-bond acceptors (Lipinski definition) is 5. The van der Waals surface area contributed by atoms with Crippen molar-refractivity contribution in [2.75, 3.05) is 13.2 Å². The normalized spacial score (nSPS) is 12.7. The lowest BCUT2D eigenvalue weighted by Gasteiger charge is -2.22. The van der Waals surface area contributed by atoms with Crippen LogP contribution in [0.1, 0.15) is 425 Å². The van der Waals surface area contributed by atoms with Gasteiger partial charge >= 0.3 is 5.97 Å². The zero-order chi connectivity index (χ0) is 62.0. The van der Waals surface area contributed by atoms with Crippen LogP contribution in [0, 0.1) is 0 Å². The van der Waals surface area contributed by atoms with Gasteiger partial charge in [-0.25, -0.2) is 0 Å². The summed E-state index contributed by atoms with van der Waals surface area (Å²) in [6, 6.07) is -0.543. The largest absolute Gasteiger partial charge is 0.466 e. The summed E-state index contributed by atoms with van der Waals surface area (Å²) in [5.41, 5.74) is 0. The summed E-state index contributed by atoms with van der Waals surface area (Å²) < 4.78 is 5.49. The monoisotopic (exact) mass is 1210 g/mol. The van der Waals surface area contributed by atoms with Crippen molar-refractivity contribution in [2.24, 2.45) is 0 Å². The molecule has 0 fully saturated rings. The van der Waals surface area contributed by atoms with Crippen molar-refractivity contribution in [2.45, 2.75) is 437 Å². The zero-order valence-corrected chi connectivity index (χ0v) is 58.1. The fourth-order valence-corrected chi connectivity index (χ4v) is 12.2. The second kappa shape index (κ2) is 75.3. The molecule has 0 radical (unpaired) electrons. The Labute approximate surface area is 537 Å². The highest BCUT2D eigenvalue weighted by atomic mass is 16.5.